The van der Waals surface area contributed by atoms with Crippen LogP contribution < -0.4 is 5.32 Å². The highest BCUT2D eigenvalue weighted by atomic mass is 16.5. The van der Waals surface area contributed by atoms with E-state index in [1.165, 1.54) is 4.90 Å². The summed E-state index contributed by atoms with van der Waals surface area (Å²) in [5.41, 5.74) is 4.60. The van der Waals surface area contributed by atoms with Crippen LogP contribution >= 0.6 is 0 Å². The number of carbonyl (C=O) groups excluding carboxylic acids is 2. The van der Waals surface area contributed by atoms with E-state index in [1.807, 2.05) is 24.3 Å². The fourth-order valence-electron chi connectivity index (χ4n) is 5.16. The van der Waals surface area contributed by atoms with Crippen LogP contribution in [0.3, 0.4) is 0 Å². The summed E-state index contributed by atoms with van der Waals surface area (Å²) < 4.78 is 16.4. The van der Waals surface area contributed by atoms with Gasteiger partial charge in [-0.2, -0.15) is 0 Å². The topological polar surface area (TPSA) is 114 Å². The van der Waals surface area contributed by atoms with Crippen molar-refractivity contribution in [3.63, 3.8) is 0 Å². The molecule has 1 unspecified atom stereocenters. The van der Waals surface area contributed by atoms with Crippen molar-refractivity contribution >= 4 is 18.0 Å². The van der Waals surface area contributed by atoms with E-state index in [2.05, 4.69) is 29.6 Å². The number of fused-ring (bicyclic) bond motifs is 3. The van der Waals surface area contributed by atoms with E-state index in [9.17, 15) is 19.5 Å². The number of rotatable bonds is 6. The molecule has 0 saturated carbocycles. The lowest BCUT2D eigenvalue weighted by Crippen LogP contribution is -2.53. The van der Waals surface area contributed by atoms with Gasteiger partial charge in [-0.1, -0.05) is 48.5 Å². The summed E-state index contributed by atoms with van der Waals surface area (Å²) in [4.78, 5) is 38.2. The number of hydrogen-bond acceptors (Lipinski definition) is 6. The number of amides is 2. The van der Waals surface area contributed by atoms with E-state index in [1.54, 1.807) is 0 Å². The van der Waals surface area contributed by atoms with Crippen LogP contribution in [0.25, 0.3) is 11.1 Å². The zero-order valence-corrected chi connectivity index (χ0v) is 19.2. The van der Waals surface area contributed by atoms with Crippen molar-refractivity contribution in [2.24, 2.45) is 5.92 Å². The molecule has 2 N–H and O–H groups in total. The fourth-order valence-corrected chi connectivity index (χ4v) is 5.16. The van der Waals surface area contributed by atoms with E-state index < -0.39 is 24.3 Å². The first-order valence-corrected chi connectivity index (χ1v) is 11.9. The van der Waals surface area contributed by atoms with E-state index in [0.717, 1.165) is 22.3 Å². The Hall–Kier alpha value is -3.43. The maximum absolute atomic E-state index is 13.0. The maximum Gasteiger partial charge on any atom is 0.407 e. The number of nitrogens with one attached hydrogen (secondary N) is 1. The van der Waals surface area contributed by atoms with Crippen LogP contribution in [-0.2, 0) is 23.8 Å². The molecule has 0 bridgehead atoms. The van der Waals surface area contributed by atoms with Gasteiger partial charge in [0.15, 0.2) is 6.10 Å². The lowest BCUT2D eigenvalue weighted by atomic mass is 9.98. The highest BCUT2D eigenvalue weighted by molar-refractivity contribution is 5.83. The van der Waals surface area contributed by atoms with Gasteiger partial charge in [0.25, 0.3) is 5.91 Å². The van der Waals surface area contributed by atoms with Crippen molar-refractivity contribution < 1.29 is 33.7 Å². The molecule has 9 nitrogen and oxygen atoms in total. The number of aliphatic carboxylic acids is 1. The predicted octanol–water partition coefficient (Wildman–Crippen LogP) is 2.24. The van der Waals surface area contributed by atoms with Crippen molar-refractivity contribution in [1.82, 2.24) is 10.2 Å². The van der Waals surface area contributed by atoms with Crippen molar-refractivity contribution in [2.45, 2.75) is 24.5 Å². The Morgan fingerprint density at radius 3 is 2.37 bits per heavy atom. The van der Waals surface area contributed by atoms with Crippen LogP contribution in [0.2, 0.25) is 0 Å². The Morgan fingerprint density at radius 1 is 1.00 bits per heavy atom. The molecule has 2 amide bonds. The molecule has 2 heterocycles. The second-order valence-corrected chi connectivity index (χ2v) is 9.03. The van der Waals surface area contributed by atoms with Gasteiger partial charge in [-0.15, -0.1) is 0 Å². The second kappa shape index (κ2) is 10.1. The number of ether oxygens (including phenoxy) is 3. The summed E-state index contributed by atoms with van der Waals surface area (Å²) in [6.07, 6.45) is -1.68. The van der Waals surface area contributed by atoms with Gasteiger partial charge in [-0.25, -0.2) is 9.59 Å². The first-order valence-electron chi connectivity index (χ1n) is 11.9. The quantitative estimate of drug-likeness (QED) is 0.652. The van der Waals surface area contributed by atoms with Gasteiger partial charge in [-0.3, -0.25) is 4.79 Å². The largest absolute Gasteiger partial charge is 0.479 e. The van der Waals surface area contributed by atoms with Gasteiger partial charge in [0.2, 0.25) is 0 Å². The number of carbonyl (C=O) groups is 3. The predicted molar refractivity (Wildman–Crippen MR) is 125 cm³/mol. The Bertz CT molecular complexity index is 1070. The number of benzene rings is 2. The van der Waals surface area contributed by atoms with Crippen molar-refractivity contribution in [1.29, 1.82) is 0 Å². The third-order valence-electron chi connectivity index (χ3n) is 6.96. The average Bonchev–Trinajstić information content (AvgIpc) is 3.48. The SMILES string of the molecule is O=C(NC[C@H]1CCO[C@H]1C(=O)N1CCOC(C(=O)O)C1)OCC1c2ccccc2-c2ccccc21. The molecule has 3 atom stereocenters. The van der Waals surface area contributed by atoms with Gasteiger partial charge in [0, 0.05) is 31.5 Å². The molecule has 2 aliphatic heterocycles. The fraction of sp³-hybridized carbons (Fsp3) is 0.423. The lowest BCUT2D eigenvalue weighted by Gasteiger charge is -2.33. The number of carboxylic acids is 1. The normalized spacial score (nSPS) is 23.4. The molecule has 2 aromatic carbocycles. The second-order valence-electron chi connectivity index (χ2n) is 9.03. The average molecular weight is 481 g/mol. The zero-order chi connectivity index (χ0) is 24.4. The summed E-state index contributed by atoms with van der Waals surface area (Å²) in [5, 5.41) is 12.0. The highest BCUT2D eigenvalue weighted by Gasteiger charge is 2.39. The Kier molecular flexibility index (Phi) is 6.70. The van der Waals surface area contributed by atoms with Crippen molar-refractivity contribution in [3.05, 3.63) is 59.7 Å². The van der Waals surface area contributed by atoms with Gasteiger partial charge < -0.3 is 29.5 Å². The molecular weight excluding hydrogens is 452 g/mol. The van der Waals surface area contributed by atoms with Gasteiger partial charge in [0.1, 0.15) is 12.7 Å². The Balaban J connectivity index is 1.15. The summed E-state index contributed by atoms with van der Waals surface area (Å²) >= 11 is 0. The summed E-state index contributed by atoms with van der Waals surface area (Å²) in [7, 11) is 0. The number of nitrogens with zero attached hydrogens (tertiary/aromatic N) is 1. The first kappa shape index (κ1) is 23.3. The smallest absolute Gasteiger partial charge is 0.407 e. The third-order valence-corrected chi connectivity index (χ3v) is 6.96. The molecule has 2 fully saturated rings. The third kappa shape index (κ3) is 4.74. The molecule has 35 heavy (non-hydrogen) atoms. The highest BCUT2D eigenvalue weighted by Crippen LogP contribution is 2.44. The van der Waals surface area contributed by atoms with Gasteiger partial charge >= 0.3 is 12.1 Å². The van der Waals surface area contributed by atoms with Crippen LogP contribution in [0.4, 0.5) is 4.79 Å². The molecule has 184 valence electrons. The molecule has 9 heteroatoms. The van der Waals surface area contributed by atoms with E-state index in [-0.39, 0.29) is 44.0 Å². The molecule has 0 radical (unpaired) electrons. The van der Waals surface area contributed by atoms with Crippen LogP contribution in [0.1, 0.15) is 23.5 Å². The minimum absolute atomic E-state index is 0.0133. The van der Waals surface area contributed by atoms with Crippen molar-refractivity contribution in [3.8, 4) is 11.1 Å². The molecule has 0 aromatic heterocycles. The number of carboxylic acid groups (broad SMARTS) is 1. The summed E-state index contributed by atoms with van der Waals surface area (Å²) in [6.45, 7) is 1.32. The molecule has 5 rings (SSSR count). The zero-order valence-electron chi connectivity index (χ0n) is 19.2. The Morgan fingerprint density at radius 2 is 1.69 bits per heavy atom. The monoisotopic (exact) mass is 480 g/mol. The van der Waals surface area contributed by atoms with Crippen LogP contribution in [0.15, 0.2) is 48.5 Å². The molecule has 0 spiro atoms. The molecule has 3 aliphatic rings. The number of alkyl carbamates (subject to hydrolysis) is 1. The van der Waals surface area contributed by atoms with Crippen molar-refractivity contribution in [2.75, 3.05) is 39.5 Å². The number of morpholine rings is 1. The molecule has 1 aliphatic carbocycles. The minimum atomic E-state index is -1.09. The summed E-state index contributed by atoms with van der Waals surface area (Å²) in [5.74, 6) is -1.60. The minimum Gasteiger partial charge on any atom is -0.479 e. The van der Waals surface area contributed by atoms with E-state index in [0.29, 0.717) is 19.6 Å². The van der Waals surface area contributed by atoms with Gasteiger partial charge in [-0.05, 0) is 28.7 Å². The van der Waals surface area contributed by atoms with Gasteiger partial charge in [0.05, 0.1) is 13.2 Å². The summed E-state index contributed by atoms with van der Waals surface area (Å²) in [6, 6.07) is 16.3. The number of hydrogen-bond donors (Lipinski definition) is 2. The van der Waals surface area contributed by atoms with E-state index >= 15 is 0 Å². The van der Waals surface area contributed by atoms with E-state index in [4.69, 9.17) is 14.2 Å². The maximum atomic E-state index is 13.0. The standard InChI is InChI=1S/C26H28N2O7/c29-24(28-10-12-33-22(14-28)25(30)31)23-16(9-11-34-23)13-27-26(32)35-15-21-19-7-3-1-5-17(19)18-6-2-4-8-20(18)21/h1-8,16,21-23H,9-15H2,(H,27,32)(H,30,31)/t16-,22?,23-/m1/s1. The Labute approximate surface area is 203 Å². The van der Waals surface area contributed by atoms with Crippen LogP contribution in [-0.4, -0.2) is 79.6 Å². The van der Waals surface area contributed by atoms with Crippen LogP contribution in [0, 0.1) is 5.92 Å². The molecular formula is C26H28N2O7. The lowest BCUT2D eigenvalue weighted by molar-refractivity contribution is -0.163. The first-order chi connectivity index (χ1) is 17.0. The molecule has 2 saturated heterocycles. The van der Waals surface area contributed by atoms with Crippen LogP contribution in [0.5, 0.6) is 0 Å². The molecule has 2 aromatic rings.